The Bertz CT molecular complexity index is 1250. The molecule has 0 fully saturated rings. The molecule has 1 amide bonds. The van der Waals surface area contributed by atoms with E-state index in [0.29, 0.717) is 18.9 Å². The summed E-state index contributed by atoms with van der Waals surface area (Å²) in [5, 5.41) is 6.27. The normalized spacial score (nSPS) is 14.7. The average molecular weight is 452 g/mol. The minimum Gasteiger partial charge on any atom is -0.445 e. The van der Waals surface area contributed by atoms with Crippen LogP contribution in [0, 0.1) is 0 Å². The van der Waals surface area contributed by atoms with E-state index in [-0.39, 0.29) is 12.6 Å². The number of hydrogen-bond donors (Lipinski definition) is 2. The van der Waals surface area contributed by atoms with E-state index in [1.807, 2.05) is 78.9 Å². The number of aromatic nitrogens is 2. The predicted molar refractivity (Wildman–Crippen MR) is 132 cm³/mol. The van der Waals surface area contributed by atoms with Crippen molar-refractivity contribution in [3.05, 3.63) is 108 Å². The molecule has 0 bridgehead atoms. The molecule has 0 saturated carbocycles. The second-order valence-electron chi connectivity index (χ2n) is 8.08. The fourth-order valence-electron chi connectivity index (χ4n) is 4.05. The van der Waals surface area contributed by atoms with E-state index in [2.05, 4.69) is 32.7 Å². The van der Waals surface area contributed by atoms with Crippen LogP contribution < -0.4 is 15.5 Å². The zero-order chi connectivity index (χ0) is 23.2. The predicted octanol–water partition coefficient (Wildman–Crippen LogP) is 5.21. The molecule has 4 aromatic rings. The number of nitrogens with zero attached hydrogens (tertiary/aromatic N) is 3. The summed E-state index contributed by atoms with van der Waals surface area (Å²) in [6.45, 7) is 0.805. The lowest BCUT2D eigenvalue weighted by Crippen LogP contribution is -2.47. The van der Waals surface area contributed by atoms with Crippen molar-refractivity contribution in [3.8, 4) is 0 Å². The molecule has 0 aliphatic carbocycles. The minimum absolute atomic E-state index is 0.126. The van der Waals surface area contributed by atoms with Gasteiger partial charge in [0, 0.05) is 24.1 Å². The highest BCUT2D eigenvalue weighted by Gasteiger charge is 2.27. The second kappa shape index (κ2) is 10.0. The van der Waals surface area contributed by atoms with Crippen LogP contribution in [0.2, 0.25) is 0 Å². The lowest BCUT2D eigenvalue weighted by molar-refractivity contribution is 0.135. The van der Waals surface area contributed by atoms with Crippen LogP contribution in [0.4, 0.5) is 27.9 Å². The summed E-state index contributed by atoms with van der Waals surface area (Å²) < 4.78 is 5.44. The first kappa shape index (κ1) is 21.5. The number of rotatable bonds is 6. The van der Waals surface area contributed by atoms with Gasteiger partial charge in [-0.1, -0.05) is 66.7 Å². The lowest BCUT2D eigenvalue weighted by Gasteiger charge is -2.35. The average Bonchev–Trinajstić information content (AvgIpc) is 2.88. The molecule has 7 nitrogen and oxygen atoms in total. The zero-order valence-corrected chi connectivity index (χ0v) is 18.6. The molecular weight excluding hydrogens is 426 g/mol. The molecule has 0 spiro atoms. The third kappa shape index (κ3) is 5.15. The van der Waals surface area contributed by atoms with Crippen LogP contribution in [0.1, 0.15) is 11.1 Å². The van der Waals surface area contributed by atoms with E-state index >= 15 is 0 Å². The number of benzene rings is 3. The number of carbonyl (C=O) groups excluding carboxylic acids is 1. The van der Waals surface area contributed by atoms with Gasteiger partial charge in [0.15, 0.2) is 0 Å². The van der Waals surface area contributed by atoms with Crippen molar-refractivity contribution in [2.45, 2.75) is 19.1 Å². The number of para-hydroxylation sites is 2. The Morgan fingerprint density at radius 2 is 1.68 bits per heavy atom. The van der Waals surface area contributed by atoms with E-state index in [4.69, 9.17) is 9.72 Å². The lowest BCUT2D eigenvalue weighted by atomic mass is 9.98. The molecule has 7 heteroatoms. The van der Waals surface area contributed by atoms with E-state index < -0.39 is 6.09 Å². The highest BCUT2D eigenvalue weighted by atomic mass is 16.5. The van der Waals surface area contributed by atoms with Crippen LogP contribution in [0.5, 0.6) is 0 Å². The summed E-state index contributed by atoms with van der Waals surface area (Å²) in [5.41, 5.74) is 4.08. The van der Waals surface area contributed by atoms with Crippen molar-refractivity contribution in [3.63, 3.8) is 0 Å². The summed E-state index contributed by atoms with van der Waals surface area (Å²) in [6.07, 6.45) is 2.02. The van der Waals surface area contributed by atoms with Crippen molar-refractivity contribution in [2.75, 3.05) is 16.8 Å². The largest absolute Gasteiger partial charge is 0.445 e. The van der Waals surface area contributed by atoms with E-state index in [0.717, 1.165) is 28.3 Å². The molecule has 1 aromatic heterocycles. The van der Waals surface area contributed by atoms with Gasteiger partial charge in [-0.05, 0) is 41.8 Å². The SMILES string of the molecule is O=C(NC1Cc2ccccc2N(c2ccnc(Nc3ccccc3)n2)C1)OCc1ccccc1. The molecule has 5 rings (SSSR count). The van der Waals surface area contributed by atoms with Crippen molar-refractivity contribution in [1.82, 2.24) is 15.3 Å². The Morgan fingerprint density at radius 1 is 0.941 bits per heavy atom. The van der Waals surface area contributed by atoms with Gasteiger partial charge in [-0.2, -0.15) is 4.98 Å². The second-order valence-corrected chi connectivity index (χ2v) is 8.08. The van der Waals surface area contributed by atoms with Gasteiger partial charge in [0.25, 0.3) is 0 Å². The summed E-state index contributed by atoms with van der Waals surface area (Å²) in [7, 11) is 0. The third-order valence-corrected chi connectivity index (χ3v) is 5.63. The summed E-state index contributed by atoms with van der Waals surface area (Å²) >= 11 is 0. The van der Waals surface area contributed by atoms with Gasteiger partial charge in [-0.3, -0.25) is 0 Å². The first-order valence-electron chi connectivity index (χ1n) is 11.2. The zero-order valence-electron chi connectivity index (χ0n) is 18.6. The van der Waals surface area contributed by atoms with Crippen LogP contribution in [0.3, 0.4) is 0 Å². The Balaban J connectivity index is 1.32. The first-order valence-corrected chi connectivity index (χ1v) is 11.2. The maximum absolute atomic E-state index is 12.5. The van der Waals surface area contributed by atoms with Crippen molar-refractivity contribution < 1.29 is 9.53 Å². The number of anilines is 4. The van der Waals surface area contributed by atoms with Crippen LogP contribution >= 0.6 is 0 Å². The highest BCUT2D eigenvalue weighted by molar-refractivity contribution is 5.71. The van der Waals surface area contributed by atoms with Gasteiger partial charge in [0.2, 0.25) is 5.95 Å². The topological polar surface area (TPSA) is 79.4 Å². The number of amides is 1. The molecule has 1 atom stereocenters. The first-order chi connectivity index (χ1) is 16.7. The monoisotopic (exact) mass is 451 g/mol. The van der Waals surface area contributed by atoms with Gasteiger partial charge >= 0.3 is 6.09 Å². The number of hydrogen-bond acceptors (Lipinski definition) is 6. The quantitative estimate of drug-likeness (QED) is 0.419. The fourth-order valence-corrected chi connectivity index (χ4v) is 4.05. The smallest absolute Gasteiger partial charge is 0.407 e. The summed E-state index contributed by atoms with van der Waals surface area (Å²) in [4.78, 5) is 23.7. The highest BCUT2D eigenvalue weighted by Crippen LogP contribution is 2.32. The van der Waals surface area contributed by atoms with Crippen LogP contribution in [-0.2, 0) is 17.8 Å². The number of fused-ring (bicyclic) bond motifs is 1. The molecule has 34 heavy (non-hydrogen) atoms. The van der Waals surface area contributed by atoms with Gasteiger partial charge in [0.1, 0.15) is 12.4 Å². The number of nitrogens with one attached hydrogen (secondary N) is 2. The maximum atomic E-state index is 12.5. The maximum Gasteiger partial charge on any atom is 0.407 e. The van der Waals surface area contributed by atoms with Gasteiger partial charge < -0.3 is 20.3 Å². The molecule has 2 N–H and O–H groups in total. The van der Waals surface area contributed by atoms with Crippen LogP contribution in [0.15, 0.2) is 97.2 Å². The van der Waals surface area contributed by atoms with Gasteiger partial charge in [0.05, 0.1) is 6.04 Å². The molecule has 1 aliphatic rings. The third-order valence-electron chi connectivity index (χ3n) is 5.63. The number of ether oxygens (including phenoxy) is 1. The summed E-state index contributed by atoms with van der Waals surface area (Å²) in [5.74, 6) is 1.27. The van der Waals surface area contributed by atoms with E-state index in [1.54, 1.807) is 6.20 Å². The molecule has 170 valence electrons. The van der Waals surface area contributed by atoms with Gasteiger partial charge in [-0.25, -0.2) is 9.78 Å². The Labute approximate surface area is 198 Å². The summed E-state index contributed by atoms with van der Waals surface area (Å²) in [6, 6.07) is 29.4. The Hall–Kier alpha value is -4.39. The molecule has 0 radical (unpaired) electrons. The number of carbonyl (C=O) groups is 1. The van der Waals surface area contributed by atoms with Crippen LogP contribution in [0.25, 0.3) is 0 Å². The Kier molecular flexibility index (Phi) is 6.34. The fraction of sp³-hybridized carbons (Fsp3) is 0.148. The van der Waals surface area contributed by atoms with Crippen molar-refractivity contribution in [1.29, 1.82) is 0 Å². The molecule has 1 aliphatic heterocycles. The van der Waals surface area contributed by atoms with Crippen molar-refractivity contribution in [2.24, 2.45) is 0 Å². The Morgan fingerprint density at radius 3 is 2.50 bits per heavy atom. The van der Waals surface area contributed by atoms with Gasteiger partial charge in [-0.15, -0.1) is 0 Å². The minimum atomic E-state index is -0.428. The standard InChI is InChI=1S/C27H25N5O2/c33-27(34-19-20-9-3-1-4-10-20)30-23-17-21-11-7-8-14-24(21)32(18-23)25-15-16-28-26(31-25)29-22-12-5-2-6-13-22/h1-16,23H,17-19H2,(H,30,33)(H,28,29,31). The number of alkyl carbamates (subject to hydrolysis) is 1. The van der Waals surface area contributed by atoms with Crippen molar-refractivity contribution >= 4 is 29.2 Å². The molecule has 1 unspecified atom stereocenters. The van der Waals surface area contributed by atoms with E-state index in [1.165, 1.54) is 0 Å². The van der Waals surface area contributed by atoms with E-state index in [9.17, 15) is 4.79 Å². The molecule has 3 aromatic carbocycles. The molecule has 2 heterocycles. The molecule has 0 saturated heterocycles. The van der Waals surface area contributed by atoms with Crippen LogP contribution in [-0.4, -0.2) is 28.6 Å². The molecular formula is C27H25N5O2.